The predicted octanol–water partition coefficient (Wildman–Crippen LogP) is 7.07. The summed E-state index contributed by atoms with van der Waals surface area (Å²) in [6, 6.07) is 37.9. The molecule has 0 bridgehead atoms. The van der Waals surface area contributed by atoms with Crippen molar-refractivity contribution >= 4 is 3.21 Å². The van der Waals surface area contributed by atoms with Gasteiger partial charge < -0.3 is 0 Å². The normalized spacial score (nSPS) is 13.2. The zero-order valence-corrected chi connectivity index (χ0v) is 20.3. The van der Waals surface area contributed by atoms with Gasteiger partial charge in [-0.1, -0.05) is 59.7 Å². The third kappa shape index (κ3) is 4.50. The van der Waals surface area contributed by atoms with Gasteiger partial charge in [0.15, 0.2) is 0 Å². The maximum absolute atomic E-state index is 3.61. The van der Waals surface area contributed by atoms with Gasteiger partial charge >= 0.3 is 99.2 Å². The molecule has 0 saturated heterocycles. The van der Waals surface area contributed by atoms with Gasteiger partial charge in [0.25, 0.3) is 0 Å². The fourth-order valence-electron chi connectivity index (χ4n) is 4.29. The Balaban J connectivity index is 0.000000140. The molecule has 0 radical (unpaired) electrons. The maximum Gasteiger partial charge on any atom is -0.00217 e. The van der Waals surface area contributed by atoms with Crippen LogP contribution in [0.5, 0.6) is 0 Å². The second kappa shape index (κ2) is 9.72. The van der Waals surface area contributed by atoms with E-state index < -0.39 is 0 Å². The van der Waals surface area contributed by atoms with Gasteiger partial charge in [-0.05, 0) is 12.3 Å². The van der Waals surface area contributed by atoms with Crippen LogP contribution in [0.2, 0.25) is 0 Å². The molecule has 0 aliphatic heterocycles. The van der Waals surface area contributed by atoms with Crippen molar-refractivity contribution in [2.75, 3.05) is 0 Å². The minimum atomic E-state index is 0.416. The van der Waals surface area contributed by atoms with Crippen molar-refractivity contribution in [1.29, 1.82) is 0 Å². The molecule has 0 fully saturated rings. The second-order valence-corrected chi connectivity index (χ2v) is 9.27. The molecule has 0 N–H and O–H groups in total. The van der Waals surface area contributed by atoms with Crippen LogP contribution in [0.15, 0.2) is 121 Å². The Hall–Kier alpha value is -2.89. The van der Waals surface area contributed by atoms with Gasteiger partial charge in [0.2, 0.25) is 0 Å². The van der Waals surface area contributed by atoms with Crippen molar-refractivity contribution in [3.63, 3.8) is 0 Å². The molecule has 0 nitrogen and oxygen atoms in total. The monoisotopic (exact) mass is 485 g/mol. The molecule has 6 rings (SSSR count). The summed E-state index contributed by atoms with van der Waals surface area (Å²) in [5, 5.41) is 0. The van der Waals surface area contributed by atoms with Crippen molar-refractivity contribution in [2.45, 2.75) is 12.3 Å². The average Bonchev–Trinajstić information content (AvgIpc) is 3.53. The summed E-state index contributed by atoms with van der Waals surface area (Å²) in [7, 11) is 0. The minimum absolute atomic E-state index is 0.416. The van der Waals surface area contributed by atoms with Gasteiger partial charge in [-0.15, -0.1) is 11.1 Å². The molecule has 4 aromatic carbocycles. The number of hydrogen-bond acceptors (Lipinski definition) is 0. The van der Waals surface area contributed by atoms with Crippen LogP contribution in [0.3, 0.4) is 0 Å². The van der Waals surface area contributed by atoms with Crippen molar-refractivity contribution < 1.29 is 24.2 Å². The quantitative estimate of drug-likeness (QED) is 0.239. The number of hydrogen-bond donors (Lipinski definition) is 0. The number of rotatable bonds is 3. The van der Waals surface area contributed by atoms with E-state index in [4.69, 9.17) is 0 Å². The van der Waals surface area contributed by atoms with E-state index in [0.717, 1.165) is 6.42 Å². The van der Waals surface area contributed by atoms with Crippen LogP contribution in [-0.4, -0.2) is 3.21 Å². The Morgan fingerprint density at radius 2 is 1.25 bits per heavy atom. The zero-order valence-electron chi connectivity index (χ0n) is 17.8. The first-order chi connectivity index (χ1) is 15.8. The standard InChI is InChI=1S/C18H13.C13H10.Zr/c1-2-6-13(5-1)14-9-10-18-16(11-14)12-15-7-3-4-8-17(15)18;1-3-7-12(8-4-1)11-13-9-5-2-6-10-13;/h1-10,13H,12H2;1-10H;/q-1;;. The molecule has 32 heavy (non-hydrogen) atoms. The van der Waals surface area contributed by atoms with Crippen LogP contribution in [-0.2, 0) is 30.7 Å². The summed E-state index contributed by atoms with van der Waals surface area (Å²) < 4.78 is 1.42. The Morgan fingerprint density at radius 3 is 1.91 bits per heavy atom. The number of fused-ring (bicyclic) bond motifs is 3. The summed E-state index contributed by atoms with van der Waals surface area (Å²) in [5.41, 5.74) is 9.47. The Bertz CT molecular complexity index is 1240. The molecule has 0 unspecified atom stereocenters. The van der Waals surface area contributed by atoms with Crippen LogP contribution in [0.25, 0.3) is 11.1 Å². The Labute approximate surface area is 205 Å². The first-order valence-electron chi connectivity index (χ1n) is 11.0. The molecular weight excluding hydrogens is 464 g/mol. The largest absolute Gasteiger partial charge is 0.175 e. The van der Waals surface area contributed by atoms with E-state index in [-0.39, 0.29) is 0 Å². The fraction of sp³-hybridized carbons (Fsp3) is 0.0645. The second-order valence-electron chi connectivity index (χ2n) is 8.04. The molecule has 0 saturated carbocycles. The Morgan fingerprint density at radius 1 is 0.656 bits per heavy atom. The smallest absolute Gasteiger partial charge is 0.00217 e. The first kappa shape index (κ1) is 21.0. The van der Waals surface area contributed by atoms with Crippen LogP contribution < -0.4 is 0 Å². The summed E-state index contributed by atoms with van der Waals surface area (Å²) in [4.78, 5) is 0. The van der Waals surface area contributed by atoms with Crippen molar-refractivity contribution in [2.24, 2.45) is 0 Å². The van der Waals surface area contributed by atoms with Gasteiger partial charge in [0, 0.05) is 0 Å². The maximum atomic E-state index is 3.61. The van der Waals surface area contributed by atoms with Gasteiger partial charge in [0.05, 0.1) is 0 Å². The van der Waals surface area contributed by atoms with Gasteiger partial charge in [-0.2, -0.15) is 23.8 Å². The third-order valence-electron chi connectivity index (χ3n) is 5.96. The molecule has 0 spiro atoms. The molecule has 1 heteroatoms. The molecule has 2 aliphatic carbocycles. The molecule has 152 valence electrons. The number of benzene rings is 4. The third-order valence-corrected chi connectivity index (χ3v) is 7.38. The Kier molecular flexibility index (Phi) is 6.37. The predicted molar refractivity (Wildman–Crippen MR) is 131 cm³/mol. The molecule has 0 heterocycles. The topological polar surface area (TPSA) is 0 Å². The van der Waals surface area contributed by atoms with E-state index in [2.05, 4.69) is 127 Å². The average molecular weight is 487 g/mol. The molecule has 4 aromatic rings. The molecule has 0 atom stereocenters. The van der Waals surface area contributed by atoms with E-state index in [1.165, 1.54) is 66.4 Å². The van der Waals surface area contributed by atoms with E-state index in [0.29, 0.717) is 5.92 Å². The van der Waals surface area contributed by atoms with Gasteiger partial charge in [-0.25, -0.2) is 0 Å². The van der Waals surface area contributed by atoms with E-state index in [1.54, 1.807) is 0 Å². The molecule has 0 aromatic heterocycles. The molecule has 0 amide bonds. The van der Waals surface area contributed by atoms with Crippen LogP contribution in [0.1, 0.15) is 33.7 Å². The zero-order chi connectivity index (χ0) is 21.8. The summed E-state index contributed by atoms with van der Waals surface area (Å²) in [5.74, 6) is 0.416. The van der Waals surface area contributed by atoms with Gasteiger partial charge in [-0.3, -0.25) is 0 Å². The van der Waals surface area contributed by atoms with Crippen LogP contribution in [0, 0.1) is 6.07 Å². The van der Waals surface area contributed by atoms with E-state index in [9.17, 15) is 0 Å². The van der Waals surface area contributed by atoms with Crippen LogP contribution >= 0.6 is 0 Å². The first-order valence-corrected chi connectivity index (χ1v) is 12.2. The van der Waals surface area contributed by atoms with E-state index in [1.807, 2.05) is 0 Å². The van der Waals surface area contributed by atoms with Crippen molar-refractivity contribution in [3.05, 3.63) is 155 Å². The van der Waals surface area contributed by atoms with Crippen molar-refractivity contribution in [1.82, 2.24) is 0 Å². The minimum Gasteiger partial charge on any atom is -0.175 e. The van der Waals surface area contributed by atoms with Crippen LogP contribution in [0.4, 0.5) is 0 Å². The summed E-state index contributed by atoms with van der Waals surface area (Å²) in [6.07, 6.45) is 9.70. The number of allylic oxidation sites excluding steroid dienone is 4. The summed E-state index contributed by atoms with van der Waals surface area (Å²) >= 11 is 1.46. The van der Waals surface area contributed by atoms with Gasteiger partial charge in [0.1, 0.15) is 0 Å². The molecular formula is C31H23Zr-. The SMILES string of the molecule is [Zr]=[C](c1ccccc1)c1ccccc1.[c-]1c(C2C=CC=C2)ccc2c1Cc1ccccc1-2. The summed E-state index contributed by atoms with van der Waals surface area (Å²) in [6.45, 7) is 0. The van der Waals surface area contributed by atoms with Crippen molar-refractivity contribution in [3.8, 4) is 11.1 Å². The fourth-order valence-corrected chi connectivity index (χ4v) is 5.11. The van der Waals surface area contributed by atoms with E-state index >= 15 is 0 Å². The molecule has 2 aliphatic rings.